The number of anilines is 1. The van der Waals surface area contributed by atoms with Crippen molar-refractivity contribution >= 4 is 34.3 Å². The van der Waals surface area contributed by atoms with Gasteiger partial charge in [-0.15, -0.1) is 6.58 Å². The third kappa shape index (κ3) is 3.80. The average Bonchev–Trinajstić information content (AvgIpc) is 3.57. The van der Waals surface area contributed by atoms with E-state index >= 15 is 0 Å². The predicted molar refractivity (Wildman–Crippen MR) is 144 cm³/mol. The summed E-state index contributed by atoms with van der Waals surface area (Å²) < 4.78 is 11.3. The van der Waals surface area contributed by atoms with Crippen molar-refractivity contribution in [3.8, 4) is 0 Å². The van der Waals surface area contributed by atoms with Gasteiger partial charge in [0.15, 0.2) is 17.1 Å². The van der Waals surface area contributed by atoms with Crippen LogP contribution in [-0.4, -0.2) is 78.4 Å². The number of fused-ring (bicyclic) bond motifs is 3. The molecular weight excluding hydrogens is 498 g/mol. The van der Waals surface area contributed by atoms with Gasteiger partial charge in [0.1, 0.15) is 5.58 Å². The summed E-state index contributed by atoms with van der Waals surface area (Å²) in [6.07, 6.45) is 2.14. The zero-order chi connectivity index (χ0) is 27.1. The number of aliphatic hydroxyl groups excluding tert-OH is 1. The number of hydrogen-bond donors (Lipinski definition) is 1. The van der Waals surface area contributed by atoms with Crippen molar-refractivity contribution < 1.29 is 28.6 Å². The number of amides is 2. The van der Waals surface area contributed by atoms with Crippen molar-refractivity contribution in [2.24, 2.45) is 0 Å². The molecule has 9 nitrogen and oxygen atoms in total. The van der Waals surface area contributed by atoms with Crippen molar-refractivity contribution in [3.63, 3.8) is 0 Å². The molecule has 9 heteroatoms. The summed E-state index contributed by atoms with van der Waals surface area (Å²) in [7, 11) is 0. The summed E-state index contributed by atoms with van der Waals surface area (Å²) in [5, 5.41) is 12.0. The van der Waals surface area contributed by atoms with Crippen LogP contribution in [0.3, 0.4) is 0 Å². The van der Waals surface area contributed by atoms with Gasteiger partial charge in [-0.3, -0.25) is 19.3 Å². The van der Waals surface area contributed by atoms with Crippen molar-refractivity contribution in [2.75, 3.05) is 50.8 Å². The van der Waals surface area contributed by atoms with Crippen molar-refractivity contribution in [3.05, 3.63) is 89.9 Å². The molecule has 3 aliphatic rings. The standard InChI is InChI=1S/C30H29N3O6/c1-2-12-32-22-10-5-4-9-21(22)30(29(32)37)25(26(34)24-19-20-8-3-6-11-23(20)39-24)27(35)28(36)33(30)14-7-13-31-15-17-38-18-16-31/h2-6,8-11,19,35H,1,7,12-18H2. The van der Waals surface area contributed by atoms with E-state index in [9.17, 15) is 19.5 Å². The van der Waals surface area contributed by atoms with E-state index in [2.05, 4.69) is 11.5 Å². The number of para-hydroxylation sites is 2. The van der Waals surface area contributed by atoms with E-state index in [0.29, 0.717) is 48.4 Å². The highest BCUT2D eigenvalue weighted by Gasteiger charge is 2.65. The van der Waals surface area contributed by atoms with Crippen LogP contribution in [0.15, 0.2) is 83.0 Å². The Morgan fingerprint density at radius 3 is 2.56 bits per heavy atom. The van der Waals surface area contributed by atoms with Crippen LogP contribution in [0.25, 0.3) is 11.0 Å². The Hall–Kier alpha value is -4.21. The molecule has 1 unspecified atom stereocenters. The van der Waals surface area contributed by atoms with Crippen LogP contribution in [0.5, 0.6) is 0 Å². The van der Waals surface area contributed by atoms with Crippen molar-refractivity contribution in [1.29, 1.82) is 0 Å². The third-order valence-electron chi connectivity index (χ3n) is 7.74. The van der Waals surface area contributed by atoms with Crippen molar-refractivity contribution in [1.82, 2.24) is 9.80 Å². The van der Waals surface area contributed by atoms with Crippen LogP contribution < -0.4 is 4.90 Å². The average molecular weight is 528 g/mol. The first-order valence-corrected chi connectivity index (χ1v) is 13.1. The van der Waals surface area contributed by atoms with E-state index < -0.39 is 28.9 Å². The summed E-state index contributed by atoms with van der Waals surface area (Å²) in [4.78, 5) is 47.3. The number of rotatable bonds is 8. The molecule has 0 aliphatic carbocycles. The zero-order valence-corrected chi connectivity index (χ0v) is 21.5. The molecule has 6 rings (SSSR count). The molecule has 200 valence electrons. The van der Waals surface area contributed by atoms with Crippen LogP contribution in [0.4, 0.5) is 5.69 Å². The fourth-order valence-corrected chi connectivity index (χ4v) is 5.98. The molecule has 1 atom stereocenters. The van der Waals surface area contributed by atoms with Crippen molar-refractivity contribution in [2.45, 2.75) is 12.0 Å². The van der Waals surface area contributed by atoms with Gasteiger partial charge >= 0.3 is 0 Å². The van der Waals surface area contributed by atoms with Gasteiger partial charge in [0.05, 0.1) is 24.5 Å². The lowest BCUT2D eigenvalue weighted by atomic mass is 9.81. The molecule has 2 aromatic carbocycles. The van der Waals surface area contributed by atoms with Gasteiger partial charge < -0.3 is 24.1 Å². The highest BCUT2D eigenvalue weighted by atomic mass is 16.5. The zero-order valence-electron chi connectivity index (χ0n) is 21.5. The predicted octanol–water partition coefficient (Wildman–Crippen LogP) is 3.42. The maximum Gasteiger partial charge on any atom is 0.290 e. The van der Waals surface area contributed by atoms with E-state index in [1.165, 1.54) is 9.80 Å². The third-order valence-corrected chi connectivity index (χ3v) is 7.74. The van der Waals surface area contributed by atoms with Crippen LogP contribution in [0.2, 0.25) is 0 Å². The molecule has 0 saturated carbocycles. The van der Waals surface area contributed by atoms with Gasteiger partial charge in [0.2, 0.25) is 5.78 Å². The molecule has 0 radical (unpaired) electrons. The van der Waals surface area contributed by atoms with Crippen LogP contribution in [0.1, 0.15) is 22.5 Å². The van der Waals surface area contributed by atoms with Crippen LogP contribution in [0, 0.1) is 0 Å². The number of ketones is 1. The smallest absolute Gasteiger partial charge is 0.290 e. The van der Waals surface area contributed by atoms with E-state index in [4.69, 9.17) is 9.15 Å². The molecule has 1 spiro atoms. The number of aliphatic hydroxyl groups is 1. The van der Waals surface area contributed by atoms with Gasteiger partial charge in [0.25, 0.3) is 11.8 Å². The van der Waals surface area contributed by atoms with Gasteiger partial charge in [-0.25, -0.2) is 0 Å². The van der Waals surface area contributed by atoms with E-state index in [-0.39, 0.29) is 24.4 Å². The van der Waals surface area contributed by atoms with E-state index in [1.807, 2.05) is 6.07 Å². The largest absolute Gasteiger partial charge is 0.503 e. The molecule has 1 N–H and O–H groups in total. The minimum absolute atomic E-state index is 0.0486. The van der Waals surface area contributed by atoms with E-state index in [0.717, 1.165) is 13.1 Å². The number of ether oxygens (including phenoxy) is 1. The van der Waals surface area contributed by atoms with Crippen LogP contribution in [-0.2, 0) is 19.9 Å². The first kappa shape index (κ1) is 25.1. The molecule has 3 aliphatic heterocycles. The van der Waals surface area contributed by atoms with Gasteiger partial charge in [-0.1, -0.05) is 42.5 Å². The second-order valence-corrected chi connectivity index (χ2v) is 9.90. The number of hydrogen-bond acceptors (Lipinski definition) is 7. The molecule has 39 heavy (non-hydrogen) atoms. The fourth-order valence-electron chi connectivity index (χ4n) is 5.98. The normalized spacial score (nSPS) is 21.4. The Balaban J connectivity index is 1.46. The number of carbonyl (C=O) groups is 3. The molecule has 1 fully saturated rings. The maximum atomic E-state index is 14.4. The van der Waals surface area contributed by atoms with Gasteiger partial charge in [-0.2, -0.15) is 0 Å². The highest BCUT2D eigenvalue weighted by Crippen LogP contribution is 2.53. The second-order valence-electron chi connectivity index (χ2n) is 9.90. The minimum Gasteiger partial charge on any atom is -0.503 e. The Bertz CT molecular complexity index is 1480. The number of Topliss-reactive ketones (excluding diaryl/α,β-unsaturated/α-hetero) is 1. The number of benzene rings is 2. The summed E-state index contributed by atoms with van der Waals surface area (Å²) in [6, 6.07) is 15.8. The Morgan fingerprint density at radius 1 is 1.05 bits per heavy atom. The maximum absolute atomic E-state index is 14.4. The summed E-state index contributed by atoms with van der Waals surface area (Å²) in [5.41, 5.74) is -0.560. The summed E-state index contributed by atoms with van der Waals surface area (Å²) in [5.74, 6) is -2.70. The van der Waals surface area contributed by atoms with E-state index in [1.54, 1.807) is 54.6 Å². The Morgan fingerprint density at radius 2 is 1.79 bits per heavy atom. The minimum atomic E-state index is -1.82. The SMILES string of the molecule is C=CCN1C(=O)C2(C(C(=O)c3cc4ccccc4o3)=C(O)C(=O)N2CCCN2CCOCC2)c2ccccc21. The molecule has 1 saturated heterocycles. The highest BCUT2D eigenvalue weighted by molar-refractivity contribution is 6.26. The number of morpholine rings is 1. The summed E-state index contributed by atoms with van der Waals surface area (Å²) >= 11 is 0. The molecule has 0 bridgehead atoms. The van der Waals surface area contributed by atoms with Crippen LogP contribution >= 0.6 is 0 Å². The Labute approximate surface area is 225 Å². The lowest BCUT2D eigenvalue weighted by molar-refractivity contribution is -0.139. The number of carbonyl (C=O) groups excluding carboxylic acids is 3. The Kier molecular flexibility index (Phi) is 6.32. The molecule has 1 aromatic heterocycles. The topological polar surface area (TPSA) is 104 Å². The molecule has 4 heterocycles. The first-order chi connectivity index (χ1) is 19.0. The first-order valence-electron chi connectivity index (χ1n) is 13.1. The lowest BCUT2D eigenvalue weighted by Gasteiger charge is -2.36. The monoisotopic (exact) mass is 527 g/mol. The molecular formula is C30H29N3O6. The molecule has 3 aromatic rings. The quantitative estimate of drug-likeness (QED) is 0.354. The number of furan rings is 1. The second kappa shape index (κ2) is 9.83. The molecule has 2 amide bonds. The summed E-state index contributed by atoms with van der Waals surface area (Å²) in [6.45, 7) is 7.68. The number of nitrogens with zero attached hydrogens (tertiary/aromatic N) is 3. The van der Waals surface area contributed by atoms with Gasteiger partial charge in [0, 0.05) is 43.7 Å². The lowest BCUT2D eigenvalue weighted by Crippen LogP contribution is -2.54. The van der Waals surface area contributed by atoms with Gasteiger partial charge in [-0.05, 0) is 24.6 Å². The fraction of sp³-hybridized carbons (Fsp3) is 0.300.